The molecule has 0 aliphatic heterocycles. The molecule has 3 heteroatoms. The van der Waals surface area contributed by atoms with Crippen LogP contribution in [-0.2, 0) is 21.9 Å². The van der Waals surface area contributed by atoms with Crippen molar-refractivity contribution in [2.24, 2.45) is 0 Å². The van der Waals surface area contributed by atoms with Crippen LogP contribution in [0.15, 0.2) is 0 Å². The van der Waals surface area contributed by atoms with Crippen molar-refractivity contribution in [3.63, 3.8) is 0 Å². The summed E-state index contributed by atoms with van der Waals surface area (Å²) in [4.78, 5) is 8.00. The standard InChI is InChI=1S/C4H9O.CH2O.Cu/c1-4(2,3)5;1-2;/h1-3H3;1H2;/q-1;;+1. The van der Waals surface area contributed by atoms with Crippen LogP contribution in [0.25, 0.3) is 0 Å². The van der Waals surface area contributed by atoms with Gasteiger partial charge >= 0.3 is 17.1 Å². The Balaban J connectivity index is -0.0000000750. The van der Waals surface area contributed by atoms with Crippen LogP contribution in [0.2, 0.25) is 0 Å². The number of rotatable bonds is 0. The first-order valence-corrected chi connectivity index (χ1v) is 1.99. The maximum atomic E-state index is 10.1. The molecule has 8 heavy (non-hydrogen) atoms. The molecule has 0 spiro atoms. The fourth-order valence-electron chi connectivity index (χ4n) is 0. The van der Waals surface area contributed by atoms with Gasteiger partial charge < -0.3 is 9.90 Å². The quantitative estimate of drug-likeness (QED) is 0.474. The Bertz CT molecular complexity index is 34.2. The molecule has 0 amide bonds. The average molecular weight is 167 g/mol. The minimum Gasteiger partial charge on any atom is -0.850 e. The minimum absolute atomic E-state index is 0. The van der Waals surface area contributed by atoms with Crippen LogP contribution in [-0.4, -0.2) is 12.4 Å². The van der Waals surface area contributed by atoms with Gasteiger partial charge in [-0.25, -0.2) is 0 Å². The van der Waals surface area contributed by atoms with Crippen molar-refractivity contribution < 1.29 is 27.0 Å². The third-order valence-corrected chi connectivity index (χ3v) is 0. The molecular formula is C5H11CuO2. The van der Waals surface area contributed by atoms with Crippen LogP contribution >= 0.6 is 0 Å². The summed E-state index contributed by atoms with van der Waals surface area (Å²) < 4.78 is 0. The van der Waals surface area contributed by atoms with Crippen molar-refractivity contribution in [3.8, 4) is 0 Å². The normalized spacial score (nSPS) is 8.00. The maximum absolute atomic E-state index is 10.1. The van der Waals surface area contributed by atoms with Crippen molar-refractivity contribution in [1.82, 2.24) is 0 Å². The van der Waals surface area contributed by atoms with Gasteiger partial charge in [-0.2, -0.15) is 0 Å². The van der Waals surface area contributed by atoms with Crippen molar-refractivity contribution in [2.45, 2.75) is 26.4 Å². The van der Waals surface area contributed by atoms with Gasteiger partial charge in [0.2, 0.25) is 0 Å². The molecule has 0 aromatic rings. The van der Waals surface area contributed by atoms with E-state index in [1.165, 1.54) is 0 Å². The third kappa shape index (κ3) is 7300. The number of hydrogen-bond donors (Lipinski definition) is 0. The fourth-order valence-corrected chi connectivity index (χ4v) is 0. The molecule has 0 unspecified atom stereocenters. The molecular weight excluding hydrogens is 156 g/mol. The summed E-state index contributed by atoms with van der Waals surface area (Å²) in [7, 11) is 0. The van der Waals surface area contributed by atoms with E-state index in [1.54, 1.807) is 20.8 Å². The van der Waals surface area contributed by atoms with Gasteiger partial charge in [0.05, 0.1) is 0 Å². The second kappa shape index (κ2) is 7.15. The third-order valence-electron chi connectivity index (χ3n) is 0. The molecule has 0 rings (SSSR count). The molecule has 0 N–H and O–H groups in total. The van der Waals surface area contributed by atoms with E-state index in [9.17, 15) is 5.11 Å². The summed E-state index contributed by atoms with van der Waals surface area (Å²) in [5, 5.41) is 10.1. The van der Waals surface area contributed by atoms with Gasteiger partial charge in [0.1, 0.15) is 6.79 Å². The summed E-state index contributed by atoms with van der Waals surface area (Å²) in [5.41, 5.74) is -0.750. The van der Waals surface area contributed by atoms with Gasteiger partial charge in [-0.15, -0.1) is 5.60 Å². The van der Waals surface area contributed by atoms with Crippen LogP contribution < -0.4 is 5.11 Å². The van der Waals surface area contributed by atoms with E-state index >= 15 is 0 Å². The fraction of sp³-hybridized carbons (Fsp3) is 0.800. The zero-order valence-electron chi connectivity index (χ0n) is 5.33. The molecule has 2 nitrogen and oxygen atoms in total. The molecule has 0 aliphatic carbocycles. The van der Waals surface area contributed by atoms with Crippen molar-refractivity contribution in [2.75, 3.05) is 0 Å². The number of carbonyl (C=O) groups is 1. The molecule has 0 atom stereocenters. The van der Waals surface area contributed by atoms with E-state index in [0.717, 1.165) is 0 Å². The van der Waals surface area contributed by atoms with Crippen LogP contribution in [0.1, 0.15) is 20.8 Å². The van der Waals surface area contributed by atoms with Gasteiger partial charge in [-0.1, -0.05) is 20.8 Å². The summed E-state index contributed by atoms with van der Waals surface area (Å²) in [5.74, 6) is 0. The van der Waals surface area contributed by atoms with Gasteiger partial charge in [0.15, 0.2) is 0 Å². The van der Waals surface area contributed by atoms with Gasteiger partial charge in [-0.3, -0.25) is 0 Å². The molecule has 0 aliphatic rings. The van der Waals surface area contributed by atoms with E-state index < -0.39 is 5.60 Å². The van der Waals surface area contributed by atoms with E-state index in [1.807, 2.05) is 6.79 Å². The Labute approximate surface area is 60.8 Å². The molecule has 0 heterocycles. The predicted molar refractivity (Wildman–Crippen MR) is 26.9 cm³/mol. The summed E-state index contributed by atoms with van der Waals surface area (Å²) >= 11 is 0. The van der Waals surface area contributed by atoms with Crippen molar-refractivity contribution in [3.05, 3.63) is 0 Å². The predicted octanol–water partition coefficient (Wildman–Crippen LogP) is -0.0422. The monoisotopic (exact) mass is 166 g/mol. The summed E-state index contributed by atoms with van der Waals surface area (Å²) in [6.07, 6.45) is 0. The summed E-state index contributed by atoms with van der Waals surface area (Å²) in [6, 6.07) is 0. The Morgan fingerprint density at radius 3 is 1.25 bits per heavy atom. The Morgan fingerprint density at radius 1 is 1.25 bits per heavy atom. The molecule has 54 valence electrons. The second-order valence-electron chi connectivity index (χ2n) is 2.11. The molecule has 0 radical (unpaired) electrons. The van der Waals surface area contributed by atoms with E-state index in [-0.39, 0.29) is 17.1 Å². The van der Waals surface area contributed by atoms with Crippen molar-refractivity contribution in [1.29, 1.82) is 0 Å². The average Bonchev–Trinajstić information content (AvgIpc) is 1.36. The maximum Gasteiger partial charge on any atom is 1.00 e. The minimum atomic E-state index is -0.750. The summed E-state index contributed by atoms with van der Waals surface area (Å²) in [6.45, 7) is 6.90. The molecule has 0 fully saturated rings. The number of carbonyl (C=O) groups excluding carboxylic acids is 1. The van der Waals surface area contributed by atoms with Crippen LogP contribution in [0.3, 0.4) is 0 Å². The topological polar surface area (TPSA) is 40.1 Å². The van der Waals surface area contributed by atoms with E-state index in [4.69, 9.17) is 4.79 Å². The van der Waals surface area contributed by atoms with Crippen LogP contribution in [0.5, 0.6) is 0 Å². The van der Waals surface area contributed by atoms with Crippen molar-refractivity contribution >= 4 is 6.79 Å². The Morgan fingerprint density at radius 2 is 1.25 bits per heavy atom. The molecule has 0 saturated heterocycles. The largest absolute Gasteiger partial charge is 1.00 e. The van der Waals surface area contributed by atoms with Crippen LogP contribution in [0, 0.1) is 0 Å². The first-order valence-electron chi connectivity index (χ1n) is 1.99. The van der Waals surface area contributed by atoms with E-state index in [2.05, 4.69) is 0 Å². The molecule has 0 aromatic carbocycles. The Hall–Kier alpha value is 0.149. The van der Waals surface area contributed by atoms with E-state index in [0.29, 0.717) is 0 Å². The van der Waals surface area contributed by atoms with Gasteiger partial charge in [0, 0.05) is 0 Å². The zero-order valence-corrected chi connectivity index (χ0v) is 6.27. The first-order chi connectivity index (χ1) is 3.00. The molecule has 0 bridgehead atoms. The SMILES string of the molecule is C=O.CC(C)(C)[O-].[Cu+]. The number of hydrogen-bond acceptors (Lipinski definition) is 2. The Kier molecular flexibility index (Phi) is 14.0. The molecule has 0 saturated carbocycles. The first kappa shape index (κ1) is 15.7. The second-order valence-corrected chi connectivity index (χ2v) is 2.11. The molecule has 0 aromatic heterocycles. The smallest absolute Gasteiger partial charge is 0.850 e. The van der Waals surface area contributed by atoms with Gasteiger partial charge in [-0.05, 0) is 0 Å². The zero-order chi connectivity index (χ0) is 6.50. The van der Waals surface area contributed by atoms with Crippen LogP contribution in [0.4, 0.5) is 0 Å². The van der Waals surface area contributed by atoms with Gasteiger partial charge in [0.25, 0.3) is 0 Å².